The van der Waals surface area contributed by atoms with Gasteiger partial charge in [0, 0.05) is 5.02 Å². The van der Waals surface area contributed by atoms with Crippen molar-refractivity contribution in [2.45, 2.75) is 6.61 Å². The molecule has 0 heterocycles. The summed E-state index contributed by atoms with van der Waals surface area (Å²) >= 11 is 5.90. The first-order valence-corrected chi connectivity index (χ1v) is 5.85. The molecule has 0 spiro atoms. The maximum Gasteiger partial charge on any atom is 0.130 e. The molecule has 3 nitrogen and oxygen atoms in total. The van der Waals surface area contributed by atoms with Gasteiger partial charge in [-0.2, -0.15) is 0 Å². The minimum atomic E-state index is -0.00306. The van der Waals surface area contributed by atoms with Crippen LogP contribution in [-0.4, -0.2) is 5.84 Å². The number of amidine groups is 1. The van der Waals surface area contributed by atoms with E-state index in [1.165, 1.54) is 0 Å². The highest BCUT2D eigenvalue weighted by molar-refractivity contribution is 6.30. The number of hydrogen-bond acceptors (Lipinski definition) is 2. The van der Waals surface area contributed by atoms with Crippen molar-refractivity contribution in [3.8, 4) is 5.75 Å². The van der Waals surface area contributed by atoms with Gasteiger partial charge in [0.05, 0.1) is 5.56 Å². The second-order valence-electron chi connectivity index (χ2n) is 3.83. The van der Waals surface area contributed by atoms with Crippen LogP contribution in [0.5, 0.6) is 5.75 Å². The molecule has 0 radical (unpaired) electrons. The summed E-state index contributed by atoms with van der Waals surface area (Å²) in [6.45, 7) is 0.394. The molecule has 0 saturated carbocycles. The quantitative estimate of drug-likeness (QED) is 0.655. The number of hydrogen-bond donors (Lipinski definition) is 2. The number of halogens is 1. The smallest absolute Gasteiger partial charge is 0.130 e. The first kappa shape index (κ1) is 12.5. The molecule has 0 aromatic heterocycles. The molecular formula is C14H13ClN2O. The highest BCUT2D eigenvalue weighted by Crippen LogP contribution is 2.19. The van der Waals surface area contributed by atoms with E-state index < -0.39 is 0 Å². The second kappa shape index (κ2) is 5.56. The Labute approximate surface area is 111 Å². The summed E-state index contributed by atoms with van der Waals surface area (Å²) in [5, 5.41) is 8.15. The van der Waals surface area contributed by atoms with E-state index in [0.29, 0.717) is 22.9 Å². The molecule has 0 aliphatic rings. The fraction of sp³-hybridized carbons (Fsp3) is 0.0714. The van der Waals surface area contributed by atoms with Gasteiger partial charge in [-0.15, -0.1) is 0 Å². The normalized spacial score (nSPS) is 10.1. The van der Waals surface area contributed by atoms with Crippen LogP contribution in [0.15, 0.2) is 48.5 Å². The average molecular weight is 261 g/mol. The molecule has 0 unspecified atom stereocenters. The molecule has 0 aliphatic carbocycles. The van der Waals surface area contributed by atoms with Crippen LogP contribution in [0.3, 0.4) is 0 Å². The predicted octanol–water partition coefficient (Wildman–Crippen LogP) is 3.20. The van der Waals surface area contributed by atoms with Crippen LogP contribution >= 0.6 is 11.6 Å². The van der Waals surface area contributed by atoms with E-state index in [-0.39, 0.29) is 5.84 Å². The van der Waals surface area contributed by atoms with Gasteiger partial charge >= 0.3 is 0 Å². The van der Waals surface area contributed by atoms with E-state index in [0.717, 1.165) is 5.56 Å². The summed E-state index contributed by atoms with van der Waals surface area (Å²) in [6.07, 6.45) is 0. The van der Waals surface area contributed by atoms with Gasteiger partial charge in [-0.3, -0.25) is 5.41 Å². The molecule has 0 bridgehead atoms. The number of nitrogens with one attached hydrogen (secondary N) is 1. The van der Waals surface area contributed by atoms with Crippen LogP contribution in [0.25, 0.3) is 0 Å². The molecule has 2 aromatic rings. The van der Waals surface area contributed by atoms with E-state index in [9.17, 15) is 0 Å². The molecule has 92 valence electrons. The fourth-order valence-corrected chi connectivity index (χ4v) is 1.82. The van der Waals surface area contributed by atoms with Gasteiger partial charge in [-0.25, -0.2) is 0 Å². The van der Waals surface area contributed by atoms with Crippen molar-refractivity contribution in [1.82, 2.24) is 0 Å². The molecule has 0 atom stereocenters. The van der Waals surface area contributed by atoms with Crippen LogP contribution < -0.4 is 10.5 Å². The van der Waals surface area contributed by atoms with Gasteiger partial charge in [0.25, 0.3) is 0 Å². The second-order valence-corrected chi connectivity index (χ2v) is 4.26. The van der Waals surface area contributed by atoms with Crippen LogP contribution in [-0.2, 0) is 6.61 Å². The summed E-state index contributed by atoms with van der Waals surface area (Å²) in [4.78, 5) is 0. The average Bonchev–Trinajstić information content (AvgIpc) is 2.37. The zero-order valence-electron chi connectivity index (χ0n) is 9.69. The Kier molecular flexibility index (Phi) is 3.85. The predicted molar refractivity (Wildman–Crippen MR) is 73.2 cm³/mol. The van der Waals surface area contributed by atoms with E-state index in [1.807, 2.05) is 36.4 Å². The van der Waals surface area contributed by atoms with Gasteiger partial charge in [0.2, 0.25) is 0 Å². The Morgan fingerprint density at radius 1 is 1.17 bits per heavy atom. The molecule has 0 fully saturated rings. The summed E-state index contributed by atoms with van der Waals surface area (Å²) < 4.78 is 5.66. The van der Waals surface area contributed by atoms with Crippen molar-refractivity contribution in [1.29, 1.82) is 5.41 Å². The van der Waals surface area contributed by atoms with Crippen LogP contribution in [0, 0.1) is 5.41 Å². The number of nitrogens with two attached hydrogens (primary N) is 1. The Morgan fingerprint density at radius 3 is 2.67 bits per heavy atom. The monoisotopic (exact) mass is 260 g/mol. The molecule has 18 heavy (non-hydrogen) atoms. The van der Waals surface area contributed by atoms with Gasteiger partial charge in [-0.1, -0.05) is 35.9 Å². The fourth-order valence-electron chi connectivity index (χ4n) is 1.60. The van der Waals surface area contributed by atoms with Crippen molar-refractivity contribution in [3.05, 3.63) is 64.7 Å². The summed E-state index contributed by atoms with van der Waals surface area (Å²) in [5.41, 5.74) is 7.06. The van der Waals surface area contributed by atoms with Crippen molar-refractivity contribution in [3.63, 3.8) is 0 Å². The third-order valence-electron chi connectivity index (χ3n) is 2.46. The van der Waals surface area contributed by atoms with Crippen molar-refractivity contribution in [2.24, 2.45) is 5.73 Å². The lowest BCUT2D eigenvalue weighted by atomic mass is 10.2. The van der Waals surface area contributed by atoms with Crippen molar-refractivity contribution < 1.29 is 4.74 Å². The van der Waals surface area contributed by atoms with Gasteiger partial charge in [0.1, 0.15) is 18.2 Å². The lowest BCUT2D eigenvalue weighted by Crippen LogP contribution is -2.12. The lowest BCUT2D eigenvalue weighted by molar-refractivity contribution is 0.305. The molecule has 0 saturated heterocycles. The third-order valence-corrected chi connectivity index (χ3v) is 2.70. The topological polar surface area (TPSA) is 59.1 Å². The zero-order chi connectivity index (χ0) is 13.0. The van der Waals surface area contributed by atoms with E-state index in [4.69, 9.17) is 27.5 Å². The van der Waals surface area contributed by atoms with Gasteiger partial charge in [0.15, 0.2) is 0 Å². The van der Waals surface area contributed by atoms with Crippen molar-refractivity contribution in [2.75, 3.05) is 0 Å². The SMILES string of the molecule is N=C(N)c1ccccc1OCc1cccc(Cl)c1. The maximum atomic E-state index is 7.47. The summed E-state index contributed by atoms with van der Waals surface area (Å²) in [7, 11) is 0. The molecular weight excluding hydrogens is 248 g/mol. The van der Waals surface area contributed by atoms with Crippen LogP contribution in [0.2, 0.25) is 5.02 Å². The maximum absolute atomic E-state index is 7.47. The first-order chi connectivity index (χ1) is 8.66. The largest absolute Gasteiger partial charge is 0.488 e. The number of para-hydroxylation sites is 1. The Bertz CT molecular complexity index is 569. The summed E-state index contributed by atoms with van der Waals surface area (Å²) in [5.74, 6) is 0.599. The van der Waals surface area contributed by atoms with Crippen LogP contribution in [0.1, 0.15) is 11.1 Å². The molecule has 0 aliphatic heterocycles. The summed E-state index contributed by atoms with van der Waals surface area (Å²) in [6, 6.07) is 14.7. The molecule has 0 amide bonds. The number of ether oxygens (including phenoxy) is 1. The Hall–Kier alpha value is -2.00. The van der Waals surface area contributed by atoms with E-state index >= 15 is 0 Å². The van der Waals surface area contributed by atoms with Crippen molar-refractivity contribution >= 4 is 17.4 Å². The van der Waals surface area contributed by atoms with Gasteiger partial charge < -0.3 is 10.5 Å². The third kappa shape index (κ3) is 3.02. The van der Waals surface area contributed by atoms with E-state index in [2.05, 4.69) is 0 Å². The highest BCUT2D eigenvalue weighted by atomic mass is 35.5. The van der Waals surface area contributed by atoms with Gasteiger partial charge in [-0.05, 0) is 29.8 Å². The minimum absolute atomic E-state index is 0.00306. The van der Waals surface area contributed by atoms with Crippen LogP contribution in [0.4, 0.5) is 0 Å². The molecule has 4 heteroatoms. The highest BCUT2D eigenvalue weighted by Gasteiger charge is 2.05. The molecule has 2 aromatic carbocycles. The number of rotatable bonds is 4. The molecule has 2 rings (SSSR count). The first-order valence-electron chi connectivity index (χ1n) is 5.47. The Balaban J connectivity index is 2.13. The zero-order valence-corrected chi connectivity index (χ0v) is 10.4. The molecule has 3 N–H and O–H groups in total. The number of benzene rings is 2. The lowest BCUT2D eigenvalue weighted by Gasteiger charge is -2.10. The minimum Gasteiger partial charge on any atom is -0.488 e. The van der Waals surface area contributed by atoms with E-state index in [1.54, 1.807) is 12.1 Å². The standard InChI is InChI=1S/C14H13ClN2O/c15-11-5-3-4-10(8-11)9-18-13-7-2-1-6-12(13)14(16)17/h1-8H,9H2,(H3,16,17). The Morgan fingerprint density at radius 2 is 1.94 bits per heavy atom. The number of nitrogen functional groups attached to an aromatic ring is 1.